The van der Waals surface area contributed by atoms with Crippen LogP contribution in [0.25, 0.3) is 0 Å². The van der Waals surface area contributed by atoms with Crippen LogP contribution in [0.15, 0.2) is 36.4 Å². The van der Waals surface area contributed by atoms with Gasteiger partial charge in [-0.1, -0.05) is 18.2 Å². The molecular formula is C16H14N2O3. The molecule has 2 aliphatic rings. The molecule has 0 fully saturated rings. The molecule has 4 rings (SSSR count). The fourth-order valence-electron chi connectivity index (χ4n) is 2.84. The van der Waals surface area contributed by atoms with E-state index in [-0.39, 0.29) is 12.7 Å². The lowest BCUT2D eigenvalue weighted by atomic mass is 10.1. The van der Waals surface area contributed by atoms with Gasteiger partial charge in [0.2, 0.25) is 6.79 Å². The van der Waals surface area contributed by atoms with Crippen molar-refractivity contribution < 1.29 is 14.3 Å². The number of nitrogens with zero attached hydrogens (tertiary/aromatic N) is 1. The van der Waals surface area contributed by atoms with Gasteiger partial charge in [-0.05, 0) is 24.1 Å². The topological polar surface area (TPSA) is 64.8 Å². The van der Waals surface area contributed by atoms with Crippen molar-refractivity contribution in [2.45, 2.75) is 6.42 Å². The van der Waals surface area contributed by atoms with E-state index < -0.39 is 0 Å². The monoisotopic (exact) mass is 282 g/mol. The molecule has 2 aromatic rings. The van der Waals surface area contributed by atoms with Crippen molar-refractivity contribution in [1.82, 2.24) is 0 Å². The lowest BCUT2D eigenvalue weighted by molar-refractivity contribution is 0.0990. The summed E-state index contributed by atoms with van der Waals surface area (Å²) in [6, 6.07) is 11.3. The smallest absolute Gasteiger partial charge is 0.260 e. The summed E-state index contributed by atoms with van der Waals surface area (Å²) in [6.45, 7) is 0.838. The lowest BCUT2D eigenvalue weighted by Crippen LogP contribution is -2.29. The van der Waals surface area contributed by atoms with Gasteiger partial charge in [0.25, 0.3) is 5.91 Å². The van der Waals surface area contributed by atoms with Crippen LogP contribution < -0.4 is 20.1 Å². The molecule has 0 atom stereocenters. The molecule has 0 radical (unpaired) electrons. The Labute approximate surface area is 121 Å². The number of fused-ring (bicyclic) bond motifs is 2. The van der Waals surface area contributed by atoms with Crippen molar-refractivity contribution in [3.8, 4) is 11.5 Å². The summed E-state index contributed by atoms with van der Waals surface area (Å²) >= 11 is 0. The third-order valence-corrected chi connectivity index (χ3v) is 3.91. The van der Waals surface area contributed by atoms with Gasteiger partial charge in [0.15, 0.2) is 11.5 Å². The number of amides is 1. The first-order chi connectivity index (χ1) is 10.2. The molecule has 2 heterocycles. The minimum atomic E-state index is -0.101. The van der Waals surface area contributed by atoms with Gasteiger partial charge >= 0.3 is 0 Å². The van der Waals surface area contributed by atoms with Crippen molar-refractivity contribution in [3.63, 3.8) is 0 Å². The molecule has 1 amide bonds. The van der Waals surface area contributed by atoms with E-state index in [1.54, 1.807) is 17.0 Å². The Morgan fingerprint density at radius 1 is 1.14 bits per heavy atom. The molecular weight excluding hydrogens is 268 g/mol. The van der Waals surface area contributed by atoms with Crippen LogP contribution in [0.3, 0.4) is 0 Å². The van der Waals surface area contributed by atoms with Crippen molar-refractivity contribution in [2.24, 2.45) is 0 Å². The summed E-state index contributed by atoms with van der Waals surface area (Å²) < 4.78 is 10.6. The number of carbonyl (C=O) groups excluding carboxylic acids is 1. The molecule has 0 aromatic heterocycles. The van der Waals surface area contributed by atoms with Gasteiger partial charge < -0.3 is 20.1 Å². The second kappa shape index (κ2) is 4.41. The van der Waals surface area contributed by atoms with E-state index in [1.165, 1.54) is 5.56 Å². The fourth-order valence-corrected chi connectivity index (χ4v) is 2.84. The summed E-state index contributed by atoms with van der Waals surface area (Å²) in [5, 5.41) is 0. The zero-order valence-corrected chi connectivity index (χ0v) is 11.3. The van der Waals surface area contributed by atoms with E-state index in [2.05, 4.69) is 0 Å². The number of nitrogen functional groups attached to an aromatic ring is 1. The average Bonchev–Trinajstić information content (AvgIpc) is 3.11. The van der Waals surface area contributed by atoms with Crippen LogP contribution >= 0.6 is 0 Å². The number of anilines is 2. The minimum Gasteiger partial charge on any atom is -0.454 e. The van der Waals surface area contributed by atoms with Crippen LogP contribution in [0.1, 0.15) is 15.9 Å². The van der Waals surface area contributed by atoms with E-state index in [0.717, 1.165) is 12.1 Å². The molecule has 21 heavy (non-hydrogen) atoms. The quantitative estimate of drug-likeness (QED) is 0.814. The maximum Gasteiger partial charge on any atom is 0.260 e. The Kier molecular flexibility index (Phi) is 2.54. The first-order valence-corrected chi connectivity index (χ1v) is 6.83. The van der Waals surface area contributed by atoms with Gasteiger partial charge in [-0.25, -0.2) is 0 Å². The zero-order valence-electron chi connectivity index (χ0n) is 11.3. The largest absolute Gasteiger partial charge is 0.454 e. The minimum absolute atomic E-state index is 0.101. The predicted octanol–water partition coefficient (Wildman–Crippen LogP) is 2.20. The third kappa shape index (κ3) is 1.81. The molecule has 0 saturated carbocycles. The molecule has 0 bridgehead atoms. The number of nitrogens with two attached hydrogens (primary N) is 1. The number of ether oxygens (including phenoxy) is 2. The normalized spacial score (nSPS) is 15.1. The van der Waals surface area contributed by atoms with Gasteiger partial charge in [-0.3, -0.25) is 4.79 Å². The fraction of sp³-hybridized carbons (Fsp3) is 0.188. The van der Waals surface area contributed by atoms with E-state index >= 15 is 0 Å². The standard InChI is InChI=1S/C16H14N2O3/c17-12-8-15-14(20-9-21-15)7-11(12)16(19)18-6-5-10-3-1-2-4-13(10)18/h1-4,7-8H,5-6,9,17H2. The number of benzene rings is 2. The van der Waals surface area contributed by atoms with Crippen molar-refractivity contribution in [3.05, 3.63) is 47.5 Å². The number of carbonyl (C=O) groups is 1. The maximum atomic E-state index is 12.8. The predicted molar refractivity (Wildman–Crippen MR) is 78.8 cm³/mol. The Bertz CT molecular complexity index is 742. The molecule has 0 unspecified atom stereocenters. The van der Waals surface area contributed by atoms with Crippen molar-refractivity contribution in [1.29, 1.82) is 0 Å². The highest BCUT2D eigenvalue weighted by molar-refractivity contribution is 6.10. The average molecular weight is 282 g/mol. The van der Waals surface area contributed by atoms with Crippen LogP contribution in [0.5, 0.6) is 11.5 Å². The van der Waals surface area contributed by atoms with E-state index in [4.69, 9.17) is 15.2 Å². The number of rotatable bonds is 1. The van der Waals surface area contributed by atoms with Crippen LogP contribution in [-0.4, -0.2) is 19.2 Å². The molecule has 2 aliphatic heterocycles. The molecule has 2 aromatic carbocycles. The van der Waals surface area contributed by atoms with E-state index in [9.17, 15) is 4.79 Å². The number of hydrogen-bond acceptors (Lipinski definition) is 4. The van der Waals surface area contributed by atoms with Crippen LogP contribution in [0.2, 0.25) is 0 Å². The van der Waals surface area contributed by atoms with Crippen LogP contribution in [0, 0.1) is 0 Å². The maximum absolute atomic E-state index is 12.8. The van der Waals surface area contributed by atoms with Gasteiger partial charge in [0.05, 0.1) is 5.56 Å². The summed E-state index contributed by atoms with van der Waals surface area (Å²) in [6.07, 6.45) is 0.867. The Morgan fingerprint density at radius 3 is 2.76 bits per heavy atom. The Balaban J connectivity index is 1.73. The molecule has 2 N–H and O–H groups in total. The van der Waals surface area contributed by atoms with Gasteiger partial charge in [-0.15, -0.1) is 0 Å². The summed E-state index contributed by atoms with van der Waals surface area (Å²) in [7, 11) is 0. The molecule has 106 valence electrons. The summed E-state index contributed by atoms with van der Waals surface area (Å²) in [5.74, 6) is 1.06. The Morgan fingerprint density at radius 2 is 1.90 bits per heavy atom. The second-order valence-corrected chi connectivity index (χ2v) is 5.13. The van der Waals surface area contributed by atoms with Crippen molar-refractivity contribution >= 4 is 17.3 Å². The first-order valence-electron chi connectivity index (χ1n) is 6.83. The van der Waals surface area contributed by atoms with Gasteiger partial charge in [0.1, 0.15) is 0 Å². The number of para-hydroxylation sites is 1. The molecule has 5 heteroatoms. The molecule has 0 saturated heterocycles. The van der Waals surface area contributed by atoms with Gasteiger partial charge in [0, 0.05) is 24.0 Å². The van der Waals surface area contributed by atoms with E-state index in [0.29, 0.717) is 29.3 Å². The third-order valence-electron chi connectivity index (χ3n) is 3.91. The van der Waals surface area contributed by atoms with Gasteiger partial charge in [-0.2, -0.15) is 0 Å². The molecule has 0 aliphatic carbocycles. The second-order valence-electron chi connectivity index (χ2n) is 5.13. The highest BCUT2D eigenvalue weighted by atomic mass is 16.7. The first kappa shape index (κ1) is 12.1. The number of hydrogen-bond donors (Lipinski definition) is 1. The van der Waals surface area contributed by atoms with Crippen LogP contribution in [-0.2, 0) is 6.42 Å². The molecule has 0 spiro atoms. The zero-order chi connectivity index (χ0) is 14.4. The van der Waals surface area contributed by atoms with Crippen LogP contribution in [0.4, 0.5) is 11.4 Å². The Hall–Kier alpha value is -2.69. The SMILES string of the molecule is Nc1cc2c(cc1C(=O)N1CCc3ccccc31)OCO2. The van der Waals surface area contributed by atoms with Crippen molar-refractivity contribution in [2.75, 3.05) is 24.0 Å². The van der Waals surface area contributed by atoms with E-state index in [1.807, 2.05) is 24.3 Å². The molecule has 5 nitrogen and oxygen atoms in total. The summed E-state index contributed by atoms with van der Waals surface area (Å²) in [5.41, 5.74) is 9.01. The summed E-state index contributed by atoms with van der Waals surface area (Å²) in [4.78, 5) is 14.5. The lowest BCUT2D eigenvalue weighted by Gasteiger charge is -2.18. The highest BCUT2D eigenvalue weighted by Gasteiger charge is 2.28. The highest BCUT2D eigenvalue weighted by Crippen LogP contribution is 2.37.